The highest BCUT2D eigenvalue weighted by Gasteiger charge is 2.06. The molecule has 0 atom stereocenters. The molecule has 1 rings (SSSR count). The average Bonchev–Trinajstić information content (AvgIpc) is 2.59. The fourth-order valence-electron chi connectivity index (χ4n) is 3.06. The molecule has 0 aliphatic rings. The van der Waals surface area contributed by atoms with Crippen LogP contribution in [-0.4, -0.2) is 31.6 Å². The second kappa shape index (κ2) is 16.8. The predicted octanol–water partition coefficient (Wildman–Crippen LogP) is 5.33. The summed E-state index contributed by atoms with van der Waals surface area (Å²) in [4.78, 5) is 10.1. The van der Waals surface area contributed by atoms with Crippen LogP contribution in [0.5, 0.6) is 0 Å². The zero-order valence-corrected chi connectivity index (χ0v) is 18.3. The lowest BCUT2D eigenvalue weighted by Gasteiger charge is -2.23. The van der Waals surface area contributed by atoms with Crippen molar-refractivity contribution >= 4 is 5.97 Å². The van der Waals surface area contributed by atoms with E-state index in [0.717, 1.165) is 23.9 Å². The molecule has 0 bridgehead atoms. The number of carboxylic acid groups (broad SMARTS) is 1. The highest BCUT2D eigenvalue weighted by Crippen LogP contribution is 2.11. The summed E-state index contributed by atoms with van der Waals surface area (Å²) in [5, 5.41) is 10.1. The van der Waals surface area contributed by atoms with Crippen LogP contribution in [0.3, 0.4) is 0 Å². The normalized spacial score (nSPS) is 11.0. The largest absolute Gasteiger partial charge is 0.550 e. The quantitative estimate of drug-likeness (QED) is 0.325. The van der Waals surface area contributed by atoms with E-state index in [1.807, 2.05) is 0 Å². The minimum Gasteiger partial charge on any atom is -0.550 e. The second-order valence-electron chi connectivity index (χ2n) is 8.59. The number of quaternary nitrogens is 1. The molecule has 0 unspecified atom stereocenters. The van der Waals surface area contributed by atoms with Crippen molar-refractivity contribution in [3.63, 3.8) is 0 Å². The minimum atomic E-state index is -0.907. The van der Waals surface area contributed by atoms with E-state index in [1.54, 1.807) is 0 Å². The third-order valence-electron chi connectivity index (χ3n) is 4.48. The van der Waals surface area contributed by atoms with Gasteiger partial charge >= 0.3 is 0 Å². The molecule has 0 aromatic heterocycles. The van der Waals surface area contributed by atoms with Gasteiger partial charge in [-0.2, -0.15) is 0 Å². The van der Waals surface area contributed by atoms with Gasteiger partial charge in [-0.1, -0.05) is 101 Å². The number of carbonyl (C=O) groups is 1. The number of unbranched alkanes of at least 4 members (excludes halogenated alkanes) is 10. The number of rotatable bonds is 14. The van der Waals surface area contributed by atoms with Gasteiger partial charge < -0.3 is 14.4 Å². The highest BCUT2D eigenvalue weighted by molar-refractivity contribution is 5.64. The number of carboxylic acids is 1. The molecular weight excluding hydrogens is 334 g/mol. The molecule has 3 nitrogen and oxygen atoms in total. The standard InChI is InChI=1S/C14H28O2.C10H16N/c1-2-3-4-5-6-7-8-9-10-11-12-13-14(15)16;1-11(2,3)9-10-7-5-4-6-8-10/h2-13H2,1H3,(H,15,16);4-8H,9H2,1-3H3/q;+1/p-1. The Kier molecular flexibility index (Phi) is 16.0. The Balaban J connectivity index is 0.000000533. The topological polar surface area (TPSA) is 40.1 Å². The Labute approximate surface area is 168 Å². The molecule has 0 radical (unpaired) electrons. The zero-order valence-electron chi connectivity index (χ0n) is 18.3. The predicted molar refractivity (Wildman–Crippen MR) is 114 cm³/mol. The molecule has 0 amide bonds. The Morgan fingerprint density at radius 1 is 0.778 bits per heavy atom. The lowest BCUT2D eigenvalue weighted by Crippen LogP contribution is -2.33. The Hall–Kier alpha value is -1.35. The number of aliphatic carboxylic acids is 1. The van der Waals surface area contributed by atoms with Gasteiger partial charge in [0.15, 0.2) is 0 Å². The van der Waals surface area contributed by atoms with Crippen LogP contribution >= 0.6 is 0 Å². The third kappa shape index (κ3) is 20.8. The van der Waals surface area contributed by atoms with Gasteiger partial charge in [-0.05, 0) is 12.8 Å². The second-order valence-corrected chi connectivity index (χ2v) is 8.59. The first-order valence-electron chi connectivity index (χ1n) is 10.9. The molecule has 0 saturated carbocycles. The van der Waals surface area contributed by atoms with Crippen LogP contribution in [0.2, 0.25) is 0 Å². The lowest BCUT2D eigenvalue weighted by molar-refractivity contribution is -0.884. The summed E-state index contributed by atoms with van der Waals surface area (Å²) in [5.41, 5.74) is 1.40. The summed E-state index contributed by atoms with van der Waals surface area (Å²) in [7, 11) is 6.60. The van der Waals surface area contributed by atoms with Crippen LogP contribution in [0.4, 0.5) is 0 Å². The lowest BCUT2D eigenvalue weighted by atomic mass is 10.1. The van der Waals surface area contributed by atoms with Crippen LogP contribution in [0.15, 0.2) is 30.3 Å². The smallest absolute Gasteiger partial charge is 0.104 e. The highest BCUT2D eigenvalue weighted by atomic mass is 16.4. The van der Waals surface area contributed by atoms with E-state index in [0.29, 0.717) is 0 Å². The molecular formula is C24H43NO2. The summed E-state index contributed by atoms with van der Waals surface area (Å²) in [6, 6.07) is 10.6. The maximum Gasteiger partial charge on any atom is 0.104 e. The number of carbonyl (C=O) groups excluding carboxylic acids is 1. The average molecular weight is 378 g/mol. The molecule has 27 heavy (non-hydrogen) atoms. The van der Waals surface area contributed by atoms with Crippen LogP contribution in [-0.2, 0) is 11.3 Å². The fourth-order valence-corrected chi connectivity index (χ4v) is 3.06. The number of hydrogen-bond acceptors (Lipinski definition) is 2. The van der Waals surface area contributed by atoms with E-state index in [4.69, 9.17) is 0 Å². The van der Waals surface area contributed by atoms with E-state index >= 15 is 0 Å². The maximum absolute atomic E-state index is 10.1. The van der Waals surface area contributed by atoms with Gasteiger partial charge in [0.1, 0.15) is 6.54 Å². The van der Waals surface area contributed by atoms with E-state index < -0.39 is 5.97 Å². The monoisotopic (exact) mass is 377 g/mol. The fraction of sp³-hybridized carbons (Fsp3) is 0.708. The summed E-state index contributed by atoms with van der Waals surface area (Å²) in [6.45, 7) is 3.34. The van der Waals surface area contributed by atoms with Gasteiger partial charge in [-0.3, -0.25) is 0 Å². The first-order valence-corrected chi connectivity index (χ1v) is 10.9. The van der Waals surface area contributed by atoms with Gasteiger partial charge in [0, 0.05) is 11.5 Å². The van der Waals surface area contributed by atoms with E-state index in [1.165, 1.54) is 63.4 Å². The van der Waals surface area contributed by atoms with Gasteiger partial charge in [0.05, 0.1) is 21.1 Å². The van der Waals surface area contributed by atoms with Gasteiger partial charge in [0.2, 0.25) is 0 Å². The van der Waals surface area contributed by atoms with Crippen LogP contribution in [0.25, 0.3) is 0 Å². The number of benzene rings is 1. The molecule has 0 heterocycles. The first kappa shape index (κ1) is 25.6. The van der Waals surface area contributed by atoms with Crippen molar-refractivity contribution in [2.75, 3.05) is 21.1 Å². The molecule has 0 aliphatic carbocycles. The first-order chi connectivity index (χ1) is 12.8. The molecule has 1 aromatic rings. The van der Waals surface area contributed by atoms with Gasteiger partial charge in [-0.25, -0.2) is 0 Å². The van der Waals surface area contributed by atoms with Crippen molar-refractivity contribution in [3.05, 3.63) is 35.9 Å². The van der Waals surface area contributed by atoms with Crippen molar-refractivity contribution in [2.24, 2.45) is 0 Å². The van der Waals surface area contributed by atoms with Gasteiger partial charge in [-0.15, -0.1) is 0 Å². The van der Waals surface area contributed by atoms with Crippen LogP contribution < -0.4 is 5.11 Å². The van der Waals surface area contributed by atoms with Gasteiger partial charge in [0.25, 0.3) is 0 Å². The maximum atomic E-state index is 10.1. The van der Waals surface area contributed by atoms with Crippen molar-refractivity contribution in [3.8, 4) is 0 Å². The molecule has 0 aliphatic heterocycles. The summed E-state index contributed by atoms with van der Waals surface area (Å²) < 4.78 is 0.990. The molecule has 156 valence electrons. The summed E-state index contributed by atoms with van der Waals surface area (Å²) in [5.74, 6) is -0.907. The Morgan fingerprint density at radius 3 is 1.63 bits per heavy atom. The molecule has 0 spiro atoms. The zero-order chi connectivity index (χ0) is 20.4. The van der Waals surface area contributed by atoms with Crippen molar-refractivity contribution in [2.45, 2.75) is 90.5 Å². The van der Waals surface area contributed by atoms with Crippen molar-refractivity contribution in [1.29, 1.82) is 0 Å². The van der Waals surface area contributed by atoms with E-state index in [2.05, 4.69) is 58.4 Å². The summed E-state index contributed by atoms with van der Waals surface area (Å²) in [6.07, 6.45) is 14.0. The van der Waals surface area contributed by atoms with E-state index in [9.17, 15) is 9.90 Å². The molecule has 0 N–H and O–H groups in total. The Bertz CT molecular complexity index is 451. The van der Waals surface area contributed by atoms with Crippen molar-refractivity contribution in [1.82, 2.24) is 0 Å². The third-order valence-corrected chi connectivity index (χ3v) is 4.48. The Morgan fingerprint density at radius 2 is 1.22 bits per heavy atom. The van der Waals surface area contributed by atoms with Crippen molar-refractivity contribution < 1.29 is 14.4 Å². The molecule has 3 heteroatoms. The van der Waals surface area contributed by atoms with Crippen LogP contribution in [0.1, 0.15) is 89.5 Å². The van der Waals surface area contributed by atoms with E-state index in [-0.39, 0.29) is 6.42 Å². The molecule has 1 aromatic carbocycles. The number of nitrogens with zero attached hydrogens (tertiary/aromatic N) is 1. The molecule has 0 fully saturated rings. The molecule has 0 saturated heterocycles. The summed E-state index contributed by atoms with van der Waals surface area (Å²) >= 11 is 0. The number of hydrogen-bond donors (Lipinski definition) is 0. The minimum absolute atomic E-state index is 0.233. The van der Waals surface area contributed by atoms with Crippen LogP contribution in [0, 0.1) is 0 Å². The SMILES string of the molecule is CCCCCCCCCCCCCC(=O)[O-].C[N+](C)(C)Cc1ccccc1.